The molecule has 0 aromatic heterocycles. The van der Waals surface area contributed by atoms with Gasteiger partial charge in [0.1, 0.15) is 10.7 Å². The zero-order valence-corrected chi connectivity index (χ0v) is 12.8. The van der Waals surface area contributed by atoms with E-state index in [-0.39, 0.29) is 22.0 Å². The van der Waals surface area contributed by atoms with Gasteiger partial charge < -0.3 is 5.73 Å². The number of halogens is 1. The minimum absolute atomic E-state index is 0.0503. The van der Waals surface area contributed by atoms with Crippen molar-refractivity contribution in [1.29, 1.82) is 0 Å². The standard InChI is InChI=1S/C13H21FN2O2S/c1-9(13(2,3)4)16(5)19(17,18)12-8-10(14)6-7-11(12)15/h6-9H,15H2,1-5H3. The Morgan fingerprint density at radius 3 is 2.32 bits per heavy atom. The van der Waals surface area contributed by atoms with E-state index in [0.29, 0.717) is 0 Å². The average Bonchev–Trinajstić information content (AvgIpc) is 2.28. The lowest BCUT2D eigenvalue weighted by molar-refractivity contribution is 0.216. The van der Waals surface area contributed by atoms with Gasteiger partial charge in [-0.1, -0.05) is 20.8 Å². The van der Waals surface area contributed by atoms with Gasteiger partial charge in [-0.3, -0.25) is 0 Å². The Morgan fingerprint density at radius 2 is 1.84 bits per heavy atom. The normalized spacial score (nSPS) is 14.7. The number of nitrogens with zero attached hydrogens (tertiary/aromatic N) is 1. The number of hydrogen-bond acceptors (Lipinski definition) is 3. The molecule has 108 valence electrons. The first-order valence-corrected chi connectivity index (χ1v) is 7.45. The monoisotopic (exact) mass is 288 g/mol. The first-order valence-electron chi connectivity index (χ1n) is 6.01. The summed E-state index contributed by atoms with van der Waals surface area (Å²) in [4.78, 5) is -0.189. The number of sulfonamides is 1. The Morgan fingerprint density at radius 1 is 1.32 bits per heavy atom. The molecule has 6 heteroatoms. The van der Waals surface area contributed by atoms with Gasteiger partial charge in [-0.25, -0.2) is 12.8 Å². The van der Waals surface area contributed by atoms with E-state index in [1.807, 2.05) is 27.7 Å². The summed E-state index contributed by atoms with van der Waals surface area (Å²) in [6.07, 6.45) is 0. The van der Waals surface area contributed by atoms with Crippen LogP contribution in [0, 0.1) is 11.2 Å². The minimum atomic E-state index is -3.81. The van der Waals surface area contributed by atoms with Crippen LogP contribution >= 0.6 is 0 Å². The number of benzene rings is 1. The molecule has 19 heavy (non-hydrogen) atoms. The third kappa shape index (κ3) is 3.25. The first kappa shape index (κ1) is 15.9. The molecule has 0 bridgehead atoms. The molecule has 1 unspecified atom stereocenters. The molecule has 0 heterocycles. The van der Waals surface area contributed by atoms with Gasteiger partial charge in [-0.2, -0.15) is 4.31 Å². The molecule has 0 saturated heterocycles. The highest BCUT2D eigenvalue weighted by Crippen LogP contribution is 2.29. The largest absolute Gasteiger partial charge is 0.398 e. The third-order valence-electron chi connectivity index (χ3n) is 3.43. The average molecular weight is 288 g/mol. The summed E-state index contributed by atoms with van der Waals surface area (Å²) in [6.45, 7) is 7.64. The number of rotatable bonds is 3. The Bertz CT molecular complexity index is 564. The second kappa shape index (κ2) is 5.09. The van der Waals surface area contributed by atoms with Gasteiger partial charge in [0.05, 0.1) is 5.69 Å². The SMILES string of the molecule is CC(N(C)S(=O)(=O)c1cc(F)ccc1N)C(C)(C)C. The molecule has 0 aliphatic heterocycles. The predicted octanol–water partition coefficient (Wildman–Crippen LogP) is 2.46. The Balaban J connectivity index is 3.28. The fourth-order valence-corrected chi connectivity index (χ4v) is 3.31. The Labute approximate surface area is 114 Å². The third-order valence-corrected chi connectivity index (χ3v) is 5.42. The van der Waals surface area contributed by atoms with Crippen molar-refractivity contribution in [3.05, 3.63) is 24.0 Å². The summed E-state index contributed by atoms with van der Waals surface area (Å²) in [5.74, 6) is -0.621. The Hall–Kier alpha value is -1.14. The van der Waals surface area contributed by atoms with Crippen LogP contribution in [-0.2, 0) is 10.0 Å². The molecule has 1 aromatic rings. The van der Waals surface area contributed by atoms with Crippen molar-refractivity contribution in [2.75, 3.05) is 12.8 Å². The summed E-state index contributed by atoms with van der Waals surface area (Å²) in [7, 11) is -2.32. The maximum absolute atomic E-state index is 13.2. The van der Waals surface area contributed by atoms with E-state index in [4.69, 9.17) is 5.73 Å². The highest BCUT2D eigenvalue weighted by atomic mass is 32.2. The van der Waals surface area contributed by atoms with Gasteiger partial charge in [0.2, 0.25) is 10.0 Å². The molecule has 0 spiro atoms. The van der Waals surface area contributed by atoms with E-state index in [9.17, 15) is 12.8 Å². The smallest absolute Gasteiger partial charge is 0.245 e. The predicted molar refractivity (Wildman–Crippen MR) is 74.7 cm³/mol. The highest BCUT2D eigenvalue weighted by molar-refractivity contribution is 7.89. The zero-order valence-electron chi connectivity index (χ0n) is 11.9. The molecule has 2 N–H and O–H groups in total. The molecule has 0 saturated carbocycles. The second-order valence-corrected chi connectivity index (χ2v) is 7.71. The van der Waals surface area contributed by atoms with Crippen LogP contribution in [0.15, 0.2) is 23.1 Å². The first-order chi connectivity index (χ1) is 8.48. The van der Waals surface area contributed by atoms with Crippen LogP contribution in [0.1, 0.15) is 27.7 Å². The van der Waals surface area contributed by atoms with Gasteiger partial charge >= 0.3 is 0 Å². The van der Waals surface area contributed by atoms with E-state index < -0.39 is 15.8 Å². The van der Waals surface area contributed by atoms with Crippen molar-refractivity contribution in [2.24, 2.45) is 5.41 Å². The molecule has 1 atom stereocenters. The fraction of sp³-hybridized carbons (Fsp3) is 0.538. The van der Waals surface area contributed by atoms with Gasteiger partial charge in [0.25, 0.3) is 0 Å². The second-order valence-electron chi connectivity index (χ2n) is 5.75. The lowest BCUT2D eigenvalue weighted by atomic mass is 9.88. The molecule has 0 aliphatic carbocycles. The number of nitrogens with two attached hydrogens (primary N) is 1. The molecular formula is C13H21FN2O2S. The quantitative estimate of drug-likeness (QED) is 0.869. The molecule has 1 rings (SSSR count). The number of anilines is 1. The molecule has 4 nitrogen and oxygen atoms in total. The van der Waals surface area contributed by atoms with Crippen molar-refractivity contribution in [2.45, 2.75) is 38.6 Å². The van der Waals surface area contributed by atoms with E-state index in [2.05, 4.69) is 0 Å². The fourth-order valence-electron chi connectivity index (χ4n) is 1.64. The molecule has 0 aliphatic rings. The van der Waals surface area contributed by atoms with E-state index >= 15 is 0 Å². The van der Waals surface area contributed by atoms with Gasteiger partial charge in [-0.15, -0.1) is 0 Å². The van der Waals surface area contributed by atoms with Crippen LogP contribution in [0.2, 0.25) is 0 Å². The van der Waals surface area contributed by atoms with Crippen molar-refractivity contribution < 1.29 is 12.8 Å². The van der Waals surface area contributed by atoms with Crippen LogP contribution in [-0.4, -0.2) is 25.8 Å². The molecule has 1 aromatic carbocycles. The van der Waals surface area contributed by atoms with Crippen LogP contribution in [0.4, 0.5) is 10.1 Å². The minimum Gasteiger partial charge on any atom is -0.398 e. The van der Waals surface area contributed by atoms with Crippen molar-refractivity contribution >= 4 is 15.7 Å². The van der Waals surface area contributed by atoms with Gasteiger partial charge in [0, 0.05) is 13.1 Å². The highest BCUT2D eigenvalue weighted by Gasteiger charge is 2.33. The summed E-state index contributed by atoms with van der Waals surface area (Å²) in [6, 6.07) is 3.11. The molecule has 0 amide bonds. The number of nitrogen functional groups attached to an aromatic ring is 1. The summed E-state index contributed by atoms with van der Waals surface area (Å²) in [5, 5.41) is 0. The zero-order chi connectivity index (χ0) is 15.0. The van der Waals surface area contributed by atoms with E-state index in [1.54, 1.807) is 0 Å². The maximum atomic E-state index is 13.2. The number of hydrogen-bond donors (Lipinski definition) is 1. The van der Waals surface area contributed by atoms with E-state index in [0.717, 1.165) is 12.1 Å². The van der Waals surface area contributed by atoms with Crippen molar-refractivity contribution in [3.8, 4) is 0 Å². The van der Waals surface area contributed by atoms with Gasteiger partial charge in [0.15, 0.2) is 0 Å². The topological polar surface area (TPSA) is 63.4 Å². The summed E-state index contributed by atoms with van der Waals surface area (Å²) >= 11 is 0. The summed E-state index contributed by atoms with van der Waals surface area (Å²) < 4.78 is 39.4. The van der Waals surface area contributed by atoms with Gasteiger partial charge in [-0.05, 0) is 30.5 Å². The van der Waals surface area contributed by atoms with Crippen LogP contribution < -0.4 is 5.73 Å². The van der Waals surface area contributed by atoms with Crippen LogP contribution in [0.5, 0.6) is 0 Å². The van der Waals surface area contributed by atoms with Crippen LogP contribution in [0.3, 0.4) is 0 Å². The van der Waals surface area contributed by atoms with Crippen molar-refractivity contribution in [3.63, 3.8) is 0 Å². The molecule has 0 fully saturated rings. The summed E-state index contributed by atoms with van der Waals surface area (Å²) in [5.41, 5.74) is 5.47. The molecular weight excluding hydrogens is 267 g/mol. The Kier molecular flexibility index (Phi) is 4.27. The lowest BCUT2D eigenvalue weighted by Gasteiger charge is -2.34. The van der Waals surface area contributed by atoms with E-state index in [1.165, 1.54) is 17.4 Å². The maximum Gasteiger partial charge on any atom is 0.245 e. The van der Waals surface area contributed by atoms with Crippen LogP contribution in [0.25, 0.3) is 0 Å². The van der Waals surface area contributed by atoms with Crippen molar-refractivity contribution in [1.82, 2.24) is 4.31 Å². The molecule has 0 radical (unpaired) electrons. The lowest BCUT2D eigenvalue weighted by Crippen LogP contribution is -2.43.